The first-order valence-corrected chi connectivity index (χ1v) is 7.78. The van der Waals surface area contributed by atoms with Crippen molar-refractivity contribution in [2.24, 2.45) is 0 Å². The third kappa shape index (κ3) is 4.59. The quantitative estimate of drug-likeness (QED) is 0.568. The average Bonchev–Trinajstić information content (AvgIpc) is 2.54. The van der Waals surface area contributed by atoms with Crippen molar-refractivity contribution in [3.8, 4) is 11.5 Å². The summed E-state index contributed by atoms with van der Waals surface area (Å²) in [4.78, 5) is 22.4. The predicted molar refractivity (Wildman–Crippen MR) is 92.9 cm³/mol. The molecule has 0 aliphatic carbocycles. The fourth-order valence-corrected chi connectivity index (χ4v) is 2.55. The van der Waals surface area contributed by atoms with Crippen LogP contribution in [0.3, 0.4) is 0 Å². The van der Waals surface area contributed by atoms with Gasteiger partial charge in [-0.05, 0) is 30.3 Å². The molecule has 0 aliphatic rings. The van der Waals surface area contributed by atoms with E-state index < -0.39 is 10.8 Å². The summed E-state index contributed by atoms with van der Waals surface area (Å²) in [6, 6.07) is 9.07. The zero-order valence-corrected chi connectivity index (χ0v) is 14.8. The Bertz CT molecular complexity index is 784. The molecule has 0 radical (unpaired) electrons. The van der Waals surface area contributed by atoms with E-state index in [4.69, 9.17) is 21.1 Å². The monoisotopic (exact) mass is 414 g/mol. The summed E-state index contributed by atoms with van der Waals surface area (Å²) < 4.78 is 11.0. The van der Waals surface area contributed by atoms with Crippen molar-refractivity contribution >= 4 is 44.8 Å². The van der Waals surface area contributed by atoms with Crippen LogP contribution in [0.15, 0.2) is 40.9 Å². The highest BCUT2D eigenvalue weighted by atomic mass is 79.9. The number of carbonyl (C=O) groups is 1. The SMILES string of the molecule is COc1ccc(NC(=O)COc2ccc(Br)cc2Cl)c([N+](=O)[O-])c1. The van der Waals surface area contributed by atoms with E-state index in [1.165, 1.54) is 25.3 Å². The van der Waals surface area contributed by atoms with Gasteiger partial charge in [-0.15, -0.1) is 0 Å². The lowest BCUT2D eigenvalue weighted by atomic mass is 10.2. The Morgan fingerprint density at radius 3 is 2.71 bits per heavy atom. The Hall–Kier alpha value is -2.32. The number of rotatable bonds is 6. The molecule has 2 aromatic carbocycles. The molecule has 0 fully saturated rings. The van der Waals surface area contributed by atoms with Crippen molar-refractivity contribution in [1.29, 1.82) is 0 Å². The minimum atomic E-state index is -0.607. The van der Waals surface area contributed by atoms with Crippen LogP contribution in [0.2, 0.25) is 5.02 Å². The van der Waals surface area contributed by atoms with Gasteiger partial charge in [0.05, 0.1) is 23.1 Å². The van der Waals surface area contributed by atoms with E-state index in [2.05, 4.69) is 21.2 Å². The van der Waals surface area contributed by atoms with Gasteiger partial charge in [0.1, 0.15) is 17.2 Å². The van der Waals surface area contributed by atoms with Crippen LogP contribution in [0.25, 0.3) is 0 Å². The molecule has 2 aromatic rings. The highest BCUT2D eigenvalue weighted by Gasteiger charge is 2.17. The molecule has 1 N–H and O–H groups in total. The summed E-state index contributed by atoms with van der Waals surface area (Å²) in [7, 11) is 1.40. The molecular formula is C15H12BrClN2O5. The molecule has 0 spiro atoms. The van der Waals surface area contributed by atoms with Crippen molar-refractivity contribution in [2.75, 3.05) is 19.0 Å². The van der Waals surface area contributed by atoms with E-state index in [1.54, 1.807) is 18.2 Å². The first-order chi connectivity index (χ1) is 11.4. The van der Waals surface area contributed by atoms with Gasteiger partial charge >= 0.3 is 0 Å². The number of nitrogens with zero attached hydrogens (tertiary/aromatic N) is 1. The number of anilines is 1. The second-order valence-electron chi connectivity index (χ2n) is 4.55. The van der Waals surface area contributed by atoms with Gasteiger partial charge in [0.15, 0.2) is 6.61 Å². The van der Waals surface area contributed by atoms with E-state index in [0.29, 0.717) is 16.5 Å². The number of ether oxygens (including phenoxy) is 2. The number of halogens is 2. The van der Waals surface area contributed by atoms with Gasteiger partial charge in [0.2, 0.25) is 0 Å². The summed E-state index contributed by atoms with van der Waals surface area (Å²) in [5.74, 6) is 0.0964. The van der Waals surface area contributed by atoms with Gasteiger partial charge in [-0.3, -0.25) is 14.9 Å². The Balaban J connectivity index is 2.05. The number of hydrogen-bond acceptors (Lipinski definition) is 5. The maximum Gasteiger partial charge on any atom is 0.296 e. The van der Waals surface area contributed by atoms with Crippen LogP contribution in [-0.2, 0) is 4.79 Å². The number of nitro benzene ring substituents is 1. The average molecular weight is 416 g/mol. The Morgan fingerprint density at radius 2 is 2.08 bits per heavy atom. The summed E-state index contributed by atoms with van der Waals surface area (Å²) >= 11 is 9.24. The van der Waals surface area contributed by atoms with Crippen LogP contribution in [0, 0.1) is 10.1 Å². The summed E-state index contributed by atoms with van der Waals surface area (Å²) in [5, 5.41) is 13.8. The van der Waals surface area contributed by atoms with Crippen LogP contribution < -0.4 is 14.8 Å². The smallest absolute Gasteiger partial charge is 0.296 e. The Morgan fingerprint density at radius 1 is 1.33 bits per heavy atom. The lowest BCUT2D eigenvalue weighted by Crippen LogP contribution is -2.20. The van der Waals surface area contributed by atoms with Crippen LogP contribution >= 0.6 is 27.5 Å². The normalized spacial score (nSPS) is 10.1. The van der Waals surface area contributed by atoms with Gasteiger partial charge in [0, 0.05) is 4.47 Å². The second kappa shape index (κ2) is 7.98. The zero-order chi connectivity index (χ0) is 17.7. The number of hydrogen-bond donors (Lipinski definition) is 1. The van der Waals surface area contributed by atoms with Gasteiger partial charge < -0.3 is 14.8 Å². The first-order valence-electron chi connectivity index (χ1n) is 6.61. The third-order valence-corrected chi connectivity index (χ3v) is 3.72. The second-order valence-corrected chi connectivity index (χ2v) is 5.87. The summed E-state index contributed by atoms with van der Waals surface area (Å²) in [6.45, 7) is -0.343. The lowest BCUT2D eigenvalue weighted by Gasteiger charge is -2.10. The molecule has 0 saturated heterocycles. The van der Waals surface area contributed by atoms with Gasteiger partial charge in [0.25, 0.3) is 11.6 Å². The molecule has 0 bridgehead atoms. The van der Waals surface area contributed by atoms with Crippen molar-refractivity contribution in [3.05, 3.63) is 56.0 Å². The van der Waals surface area contributed by atoms with E-state index in [0.717, 1.165) is 4.47 Å². The highest BCUT2D eigenvalue weighted by Crippen LogP contribution is 2.30. The first kappa shape index (κ1) is 18.0. The lowest BCUT2D eigenvalue weighted by molar-refractivity contribution is -0.384. The van der Waals surface area contributed by atoms with Crippen molar-refractivity contribution in [3.63, 3.8) is 0 Å². The van der Waals surface area contributed by atoms with Crippen LogP contribution in [0.1, 0.15) is 0 Å². The van der Waals surface area contributed by atoms with E-state index in [-0.39, 0.29) is 18.0 Å². The zero-order valence-electron chi connectivity index (χ0n) is 12.4. The van der Waals surface area contributed by atoms with Crippen LogP contribution in [0.5, 0.6) is 11.5 Å². The molecule has 7 nitrogen and oxygen atoms in total. The summed E-state index contributed by atoms with van der Waals surface area (Å²) in [6.07, 6.45) is 0. The fourth-order valence-electron chi connectivity index (χ4n) is 1.82. The van der Waals surface area contributed by atoms with Gasteiger partial charge in [-0.1, -0.05) is 27.5 Å². The molecule has 2 rings (SSSR count). The summed E-state index contributed by atoms with van der Waals surface area (Å²) in [5.41, 5.74) is -0.222. The maximum absolute atomic E-state index is 12.0. The number of methoxy groups -OCH3 is 1. The minimum absolute atomic E-state index is 0.0521. The molecule has 126 valence electrons. The molecule has 0 aliphatic heterocycles. The molecular weight excluding hydrogens is 404 g/mol. The van der Waals surface area contributed by atoms with E-state index >= 15 is 0 Å². The van der Waals surface area contributed by atoms with E-state index in [1.807, 2.05) is 0 Å². The van der Waals surface area contributed by atoms with Crippen LogP contribution in [-0.4, -0.2) is 24.5 Å². The number of nitrogens with one attached hydrogen (secondary N) is 1. The Labute approximate surface area is 150 Å². The predicted octanol–water partition coefficient (Wildman–Crippen LogP) is 4.04. The van der Waals surface area contributed by atoms with Gasteiger partial charge in [-0.2, -0.15) is 0 Å². The molecule has 0 aromatic heterocycles. The number of carbonyl (C=O) groups excluding carboxylic acids is 1. The molecule has 0 atom stereocenters. The third-order valence-electron chi connectivity index (χ3n) is 2.93. The molecule has 0 unspecified atom stereocenters. The standard InChI is InChI=1S/C15H12BrClN2O5/c1-23-10-3-4-12(13(7-10)19(21)22)18-15(20)8-24-14-5-2-9(16)6-11(14)17/h2-7H,8H2,1H3,(H,18,20). The Kier molecular flexibility index (Phi) is 5.99. The molecule has 0 saturated carbocycles. The molecule has 0 heterocycles. The van der Waals surface area contributed by atoms with E-state index in [9.17, 15) is 14.9 Å². The topological polar surface area (TPSA) is 90.7 Å². The van der Waals surface area contributed by atoms with Crippen molar-refractivity contribution in [1.82, 2.24) is 0 Å². The molecule has 1 amide bonds. The van der Waals surface area contributed by atoms with Crippen molar-refractivity contribution in [2.45, 2.75) is 0 Å². The molecule has 24 heavy (non-hydrogen) atoms. The van der Waals surface area contributed by atoms with Gasteiger partial charge in [-0.25, -0.2) is 0 Å². The minimum Gasteiger partial charge on any atom is -0.496 e. The number of nitro groups is 1. The van der Waals surface area contributed by atoms with Crippen LogP contribution in [0.4, 0.5) is 11.4 Å². The maximum atomic E-state index is 12.0. The van der Waals surface area contributed by atoms with Crippen molar-refractivity contribution < 1.29 is 19.2 Å². The highest BCUT2D eigenvalue weighted by molar-refractivity contribution is 9.10. The molecule has 9 heteroatoms. The number of benzene rings is 2. The fraction of sp³-hybridized carbons (Fsp3) is 0.133. The largest absolute Gasteiger partial charge is 0.496 e. The number of amides is 1.